The van der Waals surface area contributed by atoms with Crippen LogP contribution in [0.1, 0.15) is 27.2 Å². The molecule has 152 valence electrons. The number of aryl methyl sites for hydroxylation is 2. The number of hydrogen-bond acceptors (Lipinski definition) is 3. The van der Waals surface area contributed by atoms with Crippen molar-refractivity contribution in [2.45, 2.75) is 20.4 Å². The topological polar surface area (TPSA) is 71.3 Å². The van der Waals surface area contributed by atoms with Crippen LogP contribution >= 0.6 is 0 Å². The zero-order chi connectivity index (χ0) is 20.5. The highest BCUT2D eigenvalue weighted by Gasteiger charge is 2.27. The van der Waals surface area contributed by atoms with Gasteiger partial charge in [0, 0.05) is 11.1 Å². The van der Waals surface area contributed by atoms with Crippen molar-refractivity contribution in [2.75, 3.05) is 38.5 Å². The van der Waals surface area contributed by atoms with E-state index in [0.29, 0.717) is 23.5 Å². The average Bonchev–Trinajstić information content (AvgIpc) is 3.04. The number of anilines is 1. The highest BCUT2D eigenvalue weighted by atomic mass is 16.3. The highest BCUT2D eigenvalue weighted by molar-refractivity contribution is 6.14. The van der Waals surface area contributed by atoms with Gasteiger partial charge in [-0.1, -0.05) is 17.7 Å². The first-order valence-electron chi connectivity index (χ1n) is 10.2. The minimum absolute atomic E-state index is 0.213. The van der Waals surface area contributed by atoms with E-state index in [4.69, 9.17) is 4.42 Å². The van der Waals surface area contributed by atoms with E-state index >= 15 is 0 Å². The van der Waals surface area contributed by atoms with E-state index in [9.17, 15) is 9.90 Å². The molecule has 2 aromatic carbocycles. The van der Waals surface area contributed by atoms with Crippen molar-refractivity contribution in [2.24, 2.45) is 0 Å². The number of nitrogens with one attached hydrogen (secondary N) is 3. The molecule has 4 N–H and O–H groups in total. The number of furan rings is 1. The van der Waals surface area contributed by atoms with Crippen molar-refractivity contribution in [3.05, 3.63) is 58.8 Å². The van der Waals surface area contributed by atoms with E-state index in [2.05, 4.69) is 12.4 Å². The number of fused-ring (bicyclic) bond motifs is 1. The third kappa shape index (κ3) is 3.99. The lowest BCUT2D eigenvalue weighted by molar-refractivity contribution is -1.01. The first-order chi connectivity index (χ1) is 13.9. The van der Waals surface area contributed by atoms with Gasteiger partial charge >= 0.3 is 0 Å². The predicted octanol–water partition coefficient (Wildman–Crippen LogP) is 0.921. The van der Waals surface area contributed by atoms with E-state index in [1.165, 1.54) is 9.80 Å². The van der Waals surface area contributed by atoms with Crippen LogP contribution in [0.25, 0.3) is 11.0 Å². The minimum Gasteiger partial charge on any atom is -0.507 e. The van der Waals surface area contributed by atoms with Gasteiger partial charge in [0.1, 0.15) is 49.8 Å². The molecule has 0 bridgehead atoms. The molecule has 0 spiro atoms. The Morgan fingerprint density at radius 1 is 1.07 bits per heavy atom. The quantitative estimate of drug-likeness (QED) is 0.531. The molecular weight excluding hydrogens is 366 g/mol. The number of phenols is 1. The van der Waals surface area contributed by atoms with Crippen molar-refractivity contribution in [3.63, 3.8) is 0 Å². The molecule has 1 fully saturated rings. The summed E-state index contributed by atoms with van der Waals surface area (Å²) in [5.74, 6) is 0.575. The second-order valence-electron chi connectivity index (χ2n) is 8.17. The van der Waals surface area contributed by atoms with E-state index in [0.717, 1.165) is 48.4 Å². The number of quaternary nitrogens is 2. The molecule has 1 amide bonds. The molecule has 6 heteroatoms. The zero-order valence-electron chi connectivity index (χ0n) is 17.3. The Kier molecular flexibility index (Phi) is 5.30. The standard InChI is InChI=1S/C23H27N3O3/c1-15-4-6-17(7-5-15)24-23(28)21-16(2)29-20-9-8-19(27)18(22(20)21)14-26-12-10-25(3)11-13-26/h4-9,27H,10-14H2,1-3H3,(H,24,28)/p+2. The molecule has 3 aromatic rings. The molecule has 1 aliphatic rings. The van der Waals surface area contributed by atoms with Crippen LogP contribution < -0.4 is 15.1 Å². The van der Waals surface area contributed by atoms with Crippen LogP contribution in [0.4, 0.5) is 5.69 Å². The lowest BCUT2D eigenvalue weighted by Gasteiger charge is -2.27. The summed E-state index contributed by atoms with van der Waals surface area (Å²) in [7, 11) is 2.21. The molecule has 2 heterocycles. The summed E-state index contributed by atoms with van der Waals surface area (Å²) in [5.41, 5.74) is 3.82. The summed E-state index contributed by atoms with van der Waals surface area (Å²) < 4.78 is 5.89. The Balaban J connectivity index is 1.70. The Morgan fingerprint density at radius 2 is 1.76 bits per heavy atom. The molecule has 0 radical (unpaired) electrons. The van der Waals surface area contributed by atoms with Gasteiger partial charge in [0.25, 0.3) is 5.91 Å². The van der Waals surface area contributed by atoms with Crippen LogP contribution in [0.15, 0.2) is 40.8 Å². The monoisotopic (exact) mass is 395 g/mol. The molecule has 0 aliphatic carbocycles. The van der Waals surface area contributed by atoms with Gasteiger partial charge in [0.15, 0.2) is 0 Å². The number of benzene rings is 2. The number of piperazine rings is 1. The second-order valence-corrected chi connectivity index (χ2v) is 8.17. The van der Waals surface area contributed by atoms with Gasteiger partial charge in [-0.05, 0) is 38.1 Å². The fourth-order valence-corrected chi connectivity index (χ4v) is 4.11. The number of amides is 1. The number of carbonyl (C=O) groups is 1. The van der Waals surface area contributed by atoms with E-state index in [1.807, 2.05) is 31.2 Å². The van der Waals surface area contributed by atoms with Crippen LogP contribution in [-0.2, 0) is 6.54 Å². The number of phenolic OH excluding ortho intramolecular Hbond substituents is 1. The average molecular weight is 396 g/mol. The van der Waals surface area contributed by atoms with E-state index in [1.54, 1.807) is 19.1 Å². The van der Waals surface area contributed by atoms with Gasteiger partial charge < -0.3 is 24.6 Å². The molecule has 1 aliphatic heterocycles. The third-order valence-corrected chi connectivity index (χ3v) is 5.89. The van der Waals surface area contributed by atoms with Crippen molar-refractivity contribution in [3.8, 4) is 5.75 Å². The van der Waals surface area contributed by atoms with Gasteiger partial charge in [0.2, 0.25) is 0 Å². The Labute approximate surface area is 170 Å². The Bertz CT molecular complexity index is 1030. The summed E-state index contributed by atoms with van der Waals surface area (Å²) in [6.45, 7) is 8.80. The summed E-state index contributed by atoms with van der Waals surface area (Å²) in [6, 6.07) is 11.1. The normalized spacial score (nSPS) is 19.4. The molecule has 6 nitrogen and oxygen atoms in total. The maximum absolute atomic E-state index is 13.1. The predicted molar refractivity (Wildman–Crippen MR) is 113 cm³/mol. The SMILES string of the molecule is Cc1ccc(NC(=O)c2c(C)oc3ccc(O)c(C[NH+]4CC[NH+](C)CC4)c23)cc1. The van der Waals surface area contributed by atoms with Crippen molar-refractivity contribution in [1.82, 2.24) is 0 Å². The largest absolute Gasteiger partial charge is 0.507 e. The fraction of sp³-hybridized carbons (Fsp3) is 0.348. The zero-order valence-corrected chi connectivity index (χ0v) is 17.3. The van der Waals surface area contributed by atoms with Gasteiger partial charge in [-0.25, -0.2) is 0 Å². The number of likely N-dealkylation sites (N-methyl/N-ethyl adjacent to an activating group) is 1. The van der Waals surface area contributed by atoms with Gasteiger partial charge in [-0.3, -0.25) is 4.79 Å². The number of rotatable bonds is 4. The maximum Gasteiger partial charge on any atom is 0.259 e. The van der Waals surface area contributed by atoms with Crippen LogP contribution in [0.2, 0.25) is 0 Å². The van der Waals surface area contributed by atoms with Crippen LogP contribution in [-0.4, -0.2) is 44.2 Å². The van der Waals surface area contributed by atoms with Gasteiger partial charge in [-0.2, -0.15) is 0 Å². The third-order valence-electron chi connectivity index (χ3n) is 5.89. The number of hydrogen-bond donors (Lipinski definition) is 4. The molecule has 29 heavy (non-hydrogen) atoms. The van der Waals surface area contributed by atoms with Crippen molar-refractivity contribution >= 4 is 22.6 Å². The highest BCUT2D eigenvalue weighted by Crippen LogP contribution is 2.34. The summed E-state index contributed by atoms with van der Waals surface area (Å²) in [5, 5.41) is 14.3. The first kappa shape index (κ1) is 19.5. The fourth-order valence-electron chi connectivity index (χ4n) is 4.11. The number of carbonyl (C=O) groups excluding carboxylic acids is 1. The molecule has 4 rings (SSSR count). The summed E-state index contributed by atoms with van der Waals surface area (Å²) in [6.07, 6.45) is 0. The van der Waals surface area contributed by atoms with Crippen molar-refractivity contribution < 1.29 is 24.1 Å². The number of aromatic hydroxyl groups is 1. The Morgan fingerprint density at radius 3 is 2.45 bits per heavy atom. The molecule has 1 aromatic heterocycles. The molecule has 1 saturated heterocycles. The molecule has 0 unspecified atom stereocenters. The lowest BCUT2D eigenvalue weighted by Crippen LogP contribution is -3.26. The maximum atomic E-state index is 13.1. The van der Waals surface area contributed by atoms with E-state index < -0.39 is 0 Å². The van der Waals surface area contributed by atoms with Gasteiger partial charge in [-0.15, -0.1) is 0 Å². The van der Waals surface area contributed by atoms with Crippen LogP contribution in [0, 0.1) is 13.8 Å². The van der Waals surface area contributed by atoms with E-state index in [-0.39, 0.29) is 11.7 Å². The second kappa shape index (κ2) is 7.89. The minimum atomic E-state index is -0.213. The summed E-state index contributed by atoms with van der Waals surface area (Å²) >= 11 is 0. The Hall–Kier alpha value is -2.83. The van der Waals surface area contributed by atoms with Gasteiger partial charge in [0.05, 0.1) is 18.2 Å². The first-order valence-corrected chi connectivity index (χ1v) is 10.2. The summed E-state index contributed by atoms with van der Waals surface area (Å²) in [4.78, 5) is 16.1. The lowest BCUT2D eigenvalue weighted by atomic mass is 10.0. The smallest absolute Gasteiger partial charge is 0.259 e. The molecular formula is C23H29N3O3+2. The van der Waals surface area contributed by atoms with Crippen LogP contribution in [0.3, 0.4) is 0 Å². The molecule has 0 saturated carbocycles. The van der Waals surface area contributed by atoms with Crippen molar-refractivity contribution in [1.29, 1.82) is 0 Å². The van der Waals surface area contributed by atoms with Crippen LogP contribution in [0.5, 0.6) is 5.75 Å². The molecule has 0 atom stereocenters.